The summed E-state index contributed by atoms with van der Waals surface area (Å²) in [6.45, 7) is 6.14. The number of unbranched alkanes of at least 4 members (excludes halogenated alkanes) is 1. The predicted molar refractivity (Wildman–Crippen MR) is 118 cm³/mol. The Morgan fingerprint density at radius 3 is 2.52 bits per heavy atom. The monoisotopic (exact) mass is 422 g/mol. The molecular weight excluding hydrogens is 392 g/mol. The lowest BCUT2D eigenvalue weighted by Gasteiger charge is -2.36. The molecule has 0 spiro atoms. The topological polar surface area (TPSA) is 86.7 Å². The van der Waals surface area contributed by atoms with Crippen LogP contribution in [-0.2, 0) is 14.4 Å². The smallest absolute Gasteiger partial charge is 0.325 e. The van der Waals surface area contributed by atoms with Gasteiger partial charge in [-0.1, -0.05) is 76.1 Å². The van der Waals surface area contributed by atoms with Crippen LogP contribution in [-0.4, -0.2) is 39.9 Å². The second kappa shape index (κ2) is 8.08. The quantitative estimate of drug-likeness (QED) is 0.664. The number of carbonyl (C=O) groups excluding carboxylic acids is 2. The summed E-state index contributed by atoms with van der Waals surface area (Å²) in [5, 5.41) is 15.7. The minimum absolute atomic E-state index is 0.250. The second-order valence-corrected chi connectivity index (χ2v) is 8.86. The lowest BCUT2D eigenvalue weighted by molar-refractivity contribution is -0.154. The average molecular weight is 423 g/mol. The molecule has 31 heavy (non-hydrogen) atoms. The first kappa shape index (κ1) is 21.5. The third kappa shape index (κ3) is 3.07. The molecule has 2 heterocycles. The van der Waals surface area contributed by atoms with Crippen LogP contribution in [0.4, 0.5) is 0 Å². The zero-order valence-electron chi connectivity index (χ0n) is 18.3. The van der Waals surface area contributed by atoms with Crippen molar-refractivity contribution in [3.05, 3.63) is 48.0 Å². The Kier molecular flexibility index (Phi) is 5.60. The molecule has 0 bridgehead atoms. The van der Waals surface area contributed by atoms with Crippen molar-refractivity contribution in [3.8, 4) is 0 Å². The summed E-state index contributed by atoms with van der Waals surface area (Å²) >= 11 is 0. The highest BCUT2D eigenvalue weighted by Crippen LogP contribution is 2.52. The molecule has 2 aromatic carbocycles. The minimum atomic E-state index is -1.48. The molecule has 5 atom stereocenters. The predicted octanol–water partition coefficient (Wildman–Crippen LogP) is 3.75. The second-order valence-electron chi connectivity index (χ2n) is 8.86. The van der Waals surface area contributed by atoms with E-state index in [-0.39, 0.29) is 17.7 Å². The van der Waals surface area contributed by atoms with Gasteiger partial charge >= 0.3 is 5.97 Å². The molecule has 2 amide bonds. The number of imide groups is 1. The first-order valence-electron chi connectivity index (χ1n) is 11.2. The summed E-state index contributed by atoms with van der Waals surface area (Å²) in [7, 11) is 0. The third-order valence-corrected chi connectivity index (χ3v) is 7.32. The summed E-state index contributed by atoms with van der Waals surface area (Å²) in [5.74, 6) is -3.60. The number of fused-ring (bicyclic) bond motifs is 2. The van der Waals surface area contributed by atoms with Gasteiger partial charge in [-0.25, -0.2) is 0 Å². The van der Waals surface area contributed by atoms with Crippen LogP contribution in [0.15, 0.2) is 42.5 Å². The van der Waals surface area contributed by atoms with Crippen molar-refractivity contribution in [1.29, 1.82) is 0 Å². The van der Waals surface area contributed by atoms with Crippen molar-refractivity contribution in [2.24, 2.45) is 17.8 Å². The van der Waals surface area contributed by atoms with Crippen molar-refractivity contribution in [2.45, 2.75) is 51.6 Å². The number of rotatable bonds is 7. The van der Waals surface area contributed by atoms with Crippen molar-refractivity contribution in [2.75, 3.05) is 6.54 Å². The van der Waals surface area contributed by atoms with Gasteiger partial charge in [0.15, 0.2) is 0 Å². The Balaban J connectivity index is 1.90. The van der Waals surface area contributed by atoms with Gasteiger partial charge in [-0.15, -0.1) is 0 Å². The lowest BCUT2D eigenvalue weighted by Crippen LogP contribution is -2.59. The van der Waals surface area contributed by atoms with E-state index in [0.717, 1.165) is 22.8 Å². The van der Waals surface area contributed by atoms with Crippen LogP contribution in [0, 0.1) is 17.8 Å². The zero-order chi connectivity index (χ0) is 22.3. The average Bonchev–Trinajstić information content (AvgIpc) is 3.26. The highest BCUT2D eigenvalue weighted by atomic mass is 16.4. The molecular formula is C25H30N2O4. The maximum absolute atomic E-state index is 13.5. The van der Waals surface area contributed by atoms with Gasteiger partial charge in [0.05, 0.1) is 11.8 Å². The number of nitrogens with one attached hydrogen (secondary N) is 1. The fourth-order valence-corrected chi connectivity index (χ4v) is 5.51. The highest BCUT2D eigenvalue weighted by Gasteiger charge is 2.69. The Bertz CT molecular complexity index is 1030. The Hall–Kier alpha value is -2.73. The van der Waals surface area contributed by atoms with Crippen LogP contribution >= 0.6 is 0 Å². The number of aliphatic carboxylic acids is 1. The largest absolute Gasteiger partial charge is 0.480 e. The van der Waals surface area contributed by atoms with Crippen LogP contribution in [0.25, 0.3) is 10.8 Å². The van der Waals surface area contributed by atoms with Crippen molar-refractivity contribution in [1.82, 2.24) is 10.2 Å². The van der Waals surface area contributed by atoms with Crippen LogP contribution in [0.5, 0.6) is 0 Å². The Morgan fingerprint density at radius 2 is 1.84 bits per heavy atom. The summed E-state index contributed by atoms with van der Waals surface area (Å²) in [6.07, 6.45) is 2.15. The van der Waals surface area contributed by atoms with E-state index in [1.54, 1.807) is 0 Å². The van der Waals surface area contributed by atoms with Crippen LogP contribution in [0.3, 0.4) is 0 Å². The number of benzene rings is 2. The van der Waals surface area contributed by atoms with Gasteiger partial charge in [-0.05, 0) is 28.7 Å². The molecule has 2 aliphatic heterocycles. The molecule has 6 nitrogen and oxygen atoms in total. The number of likely N-dealkylation sites (tertiary alicyclic amines) is 1. The molecule has 2 aromatic rings. The molecule has 164 valence electrons. The normalized spacial score (nSPS) is 28.9. The standard InChI is InChI=1S/C25H30N2O4/c1-4-6-14-27-22(28)19-20(23(27)29)25(24(30)31,15(3)5-2)26-21(19)18-13-9-11-16-10-7-8-12-17(16)18/h7-13,15,19-21,26H,4-6,14H2,1-3H3,(H,30,31). The van der Waals surface area contributed by atoms with Crippen molar-refractivity contribution >= 4 is 28.6 Å². The molecule has 0 radical (unpaired) electrons. The molecule has 4 rings (SSSR count). The van der Waals surface area contributed by atoms with Gasteiger partial charge in [0, 0.05) is 12.6 Å². The summed E-state index contributed by atoms with van der Waals surface area (Å²) < 4.78 is 0. The van der Waals surface area contributed by atoms with E-state index in [2.05, 4.69) is 5.32 Å². The van der Waals surface area contributed by atoms with E-state index in [0.29, 0.717) is 19.4 Å². The number of amides is 2. The molecule has 2 fully saturated rings. The van der Waals surface area contributed by atoms with Crippen LogP contribution in [0.1, 0.15) is 51.6 Å². The Labute approximate surface area is 182 Å². The number of carbonyl (C=O) groups is 3. The number of carboxylic acid groups (broad SMARTS) is 1. The summed E-state index contributed by atoms with van der Waals surface area (Å²) in [6, 6.07) is 13.2. The van der Waals surface area contributed by atoms with E-state index in [1.807, 2.05) is 63.2 Å². The van der Waals surface area contributed by atoms with E-state index in [1.165, 1.54) is 4.90 Å². The molecule has 0 saturated carbocycles. The number of hydrogen-bond acceptors (Lipinski definition) is 4. The zero-order valence-corrected chi connectivity index (χ0v) is 18.3. The molecule has 0 aliphatic carbocycles. The molecule has 6 heteroatoms. The lowest BCUT2D eigenvalue weighted by atomic mass is 9.71. The van der Waals surface area contributed by atoms with Gasteiger partial charge in [-0.3, -0.25) is 24.6 Å². The SMILES string of the molecule is CCCCN1C(=O)C2C(c3cccc4ccccc34)NC(C(=O)O)(C(C)CC)C2C1=O. The van der Waals surface area contributed by atoms with E-state index in [9.17, 15) is 19.5 Å². The van der Waals surface area contributed by atoms with E-state index < -0.39 is 29.4 Å². The van der Waals surface area contributed by atoms with Gasteiger partial charge in [0.1, 0.15) is 5.54 Å². The van der Waals surface area contributed by atoms with Gasteiger partial charge < -0.3 is 5.11 Å². The minimum Gasteiger partial charge on any atom is -0.480 e. The maximum Gasteiger partial charge on any atom is 0.325 e. The molecule has 5 unspecified atom stereocenters. The number of carboxylic acids is 1. The molecule has 0 aromatic heterocycles. The van der Waals surface area contributed by atoms with E-state index >= 15 is 0 Å². The Morgan fingerprint density at radius 1 is 1.13 bits per heavy atom. The first-order chi connectivity index (χ1) is 14.9. The van der Waals surface area contributed by atoms with Crippen LogP contribution in [0.2, 0.25) is 0 Å². The third-order valence-electron chi connectivity index (χ3n) is 7.32. The van der Waals surface area contributed by atoms with Gasteiger partial charge in [-0.2, -0.15) is 0 Å². The summed E-state index contributed by atoms with van der Waals surface area (Å²) in [4.78, 5) is 41.1. The highest BCUT2D eigenvalue weighted by molar-refractivity contribution is 6.09. The molecule has 2 saturated heterocycles. The number of hydrogen-bond donors (Lipinski definition) is 2. The van der Waals surface area contributed by atoms with Gasteiger partial charge in [0.25, 0.3) is 0 Å². The van der Waals surface area contributed by atoms with Crippen molar-refractivity contribution < 1.29 is 19.5 Å². The molecule has 2 N–H and O–H groups in total. The maximum atomic E-state index is 13.5. The van der Waals surface area contributed by atoms with E-state index in [4.69, 9.17) is 0 Å². The van der Waals surface area contributed by atoms with Crippen LogP contribution < -0.4 is 5.32 Å². The fourth-order valence-electron chi connectivity index (χ4n) is 5.51. The molecule has 2 aliphatic rings. The summed E-state index contributed by atoms with van der Waals surface area (Å²) in [5.41, 5.74) is -0.604. The van der Waals surface area contributed by atoms with Crippen molar-refractivity contribution in [3.63, 3.8) is 0 Å². The first-order valence-corrected chi connectivity index (χ1v) is 11.2. The number of nitrogens with zero attached hydrogens (tertiary/aromatic N) is 1. The van der Waals surface area contributed by atoms with Gasteiger partial charge in [0.2, 0.25) is 11.8 Å². The fraction of sp³-hybridized carbons (Fsp3) is 0.480.